The maximum atomic E-state index is 13.1. The van der Waals surface area contributed by atoms with E-state index in [0.717, 1.165) is 28.0 Å². The first-order chi connectivity index (χ1) is 20.0. The Hall–Kier alpha value is -4.24. The number of carboxylic acids is 2. The molecule has 1 fully saturated rings. The van der Waals surface area contributed by atoms with E-state index in [1.165, 1.54) is 28.9 Å². The highest BCUT2D eigenvalue weighted by atomic mass is 32.2. The maximum absolute atomic E-state index is 13.1. The first-order valence-corrected chi connectivity index (χ1v) is 14.8. The summed E-state index contributed by atoms with van der Waals surface area (Å²) in [6, 6.07) is -1.02. The van der Waals surface area contributed by atoms with Crippen molar-refractivity contribution in [3.63, 3.8) is 0 Å². The molecule has 2 aromatic rings. The zero-order valence-corrected chi connectivity index (χ0v) is 24.6. The Labute approximate surface area is 249 Å². The molecule has 2 amide bonds. The molecule has 2 aliphatic rings. The first kappa shape index (κ1) is 30.7. The predicted octanol–water partition coefficient (Wildman–Crippen LogP) is -0.541. The lowest BCUT2D eigenvalue weighted by Gasteiger charge is -2.49. The number of fused-ring (bicyclic) bond motifs is 1. The lowest BCUT2D eigenvalue weighted by atomic mass is 10.0. The number of nitrogen functional groups attached to an aromatic ring is 1. The van der Waals surface area contributed by atoms with Gasteiger partial charge in [0.2, 0.25) is 5.16 Å². The number of carboxylic acid groups (broad SMARTS) is 2. The van der Waals surface area contributed by atoms with E-state index in [4.69, 9.17) is 10.6 Å². The summed E-state index contributed by atoms with van der Waals surface area (Å²) in [6.07, 6.45) is -0.333. The molecule has 2 aliphatic heterocycles. The van der Waals surface area contributed by atoms with E-state index in [1.54, 1.807) is 13.8 Å². The smallest absolute Gasteiger partial charge is 0.355 e. The second-order valence-corrected chi connectivity index (χ2v) is 11.7. The van der Waals surface area contributed by atoms with Crippen molar-refractivity contribution in [2.75, 3.05) is 24.3 Å². The molecule has 0 saturated carbocycles. The fraction of sp³-hybridized carbons (Fsp3) is 0.429. The van der Waals surface area contributed by atoms with E-state index in [2.05, 4.69) is 41.0 Å². The average Bonchev–Trinajstić information content (AvgIpc) is 3.57. The topological polar surface area (TPSA) is 250 Å². The standard InChI is InChI=1S/C21H24N10O8S3/c1-8(2)39-27-12(11-7-41-20(22)23-11)15(32)24-13-16(33)31-14(19(36)37)9(5-40-17(13)31)6-42-21-25-28-29-30(21)4-10(18(34)35)26-38-3/h7-8,13,17H,4-6H2,1-3H3,(H2,22,23)(H,24,32)(H,34,35)(H,36,37)/t13?,17-/m0/s1. The van der Waals surface area contributed by atoms with Crippen molar-refractivity contribution in [2.45, 2.75) is 43.1 Å². The van der Waals surface area contributed by atoms with Crippen LogP contribution < -0.4 is 11.1 Å². The van der Waals surface area contributed by atoms with Crippen LogP contribution in [0.4, 0.5) is 5.13 Å². The van der Waals surface area contributed by atoms with E-state index in [9.17, 15) is 29.4 Å². The maximum Gasteiger partial charge on any atom is 0.355 e. The first-order valence-electron chi connectivity index (χ1n) is 11.9. The van der Waals surface area contributed by atoms with Gasteiger partial charge in [0, 0.05) is 16.9 Å². The molecule has 0 bridgehead atoms. The summed E-state index contributed by atoms with van der Waals surface area (Å²) in [5.74, 6) is -3.68. The van der Waals surface area contributed by atoms with Crippen molar-refractivity contribution in [3.05, 3.63) is 22.3 Å². The number of aliphatic carboxylic acids is 2. The monoisotopic (exact) mass is 640 g/mol. The van der Waals surface area contributed by atoms with Gasteiger partial charge in [-0.1, -0.05) is 22.1 Å². The number of carbonyl (C=O) groups is 4. The zero-order valence-electron chi connectivity index (χ0n) is 22.2. The fourth-order valence-electron chi connectivity index (χ4n) is 3.70. The van der Waals surface area contributed by atoms with Crippen LogP contribution in [0.15, 0.2) is 32.1 Å². The van der Waals surface area contributed by atoms with Crippen LogP contribution in [-0.4, -0.2) is 112 Å². The van der Waals surface area contributed by atoms with Crippen LogP contribution in [0.5, 0.6) is 0 Å². The summed E-state index contributed by atoms with van der Waals surface area (Å²) in [5.41, 5.74) is 5.54. The van der Waals surface area contributed by atoms with Crippen LogP contribution in [0.3, 0.4) is 0 Å². The molecular weight excluding hydrogens is 616 g/mol. The van der Waals surface area contributed by atoms with E-state index >= 15 is 0 Å². The van der Waals surface area contributed by atoms with E-state index in [1.807, 2.05) is 0 Å². The highest BCUT2D eigenvalue weighted by Gasteiger charge is 2.54. The number of nitrogens with one attached hydrogen (secondary N) is 1. The summed E-state index contributed by atoms with van der Waals surface area (Å²) >= 11 is 3.42. The van der Waals surface area contributed by atoms with E-state index in [-0.39, 0.29) is 57.3 Å². The Morgan fingerprint density at radius 2 is 2.07 bits per heavy atom. The minimum atomic E-state index is -1.33. The number of amides is 2. The number of hydrogen-bond donors (Lipinski definition) is 4. The van der Waals surface area contributed by atoms with Gasteiger partial charge < -0.3 is 30.9 Å². The summed E-state index contributed by atoms with van der Waals surface area (Å²) in [5, 5.41) is 41.6. The van der Waals surface area contributed by atoms with Gasteiger partial charge in [0.25, 0.3) is 11.8 Å². The normalized spacial score (nSPS) is 19.0. The Bertz CT molecular complexity index is 1490. The van der Waals surface area contributed by atoms with Crippen LogP contribution in [0.25, 0.3) is 0 Å². The molecule has 21 heteroatoms. The average molecular weight is 641 g/mol. The third kappa shape index (κ3) is 6.62. The Morgan fingerprint density at radius 3 is 2.69 bits per heavy atom. The van der Waals surface area contributed by atoms with Crippen molar-refractivity contribution in [1.82, 2.24) is 35.4 Å². The molecular formula is C21H24N10O8S3. The molecule has 0 radical (unpaired) electrons. The molecule has 0 aliphatic carbocycles. The molecule has 18 nitrogen and oxygen atoms in total. The van der Waals surface area contributed by atoms with Gasteiger partial charge in [0.1, 0.15) is 36.0 Å². The third-order valence-corrected chi connectivity index (χ3v) is 8.55. The second kappa shape index (κ2) is 13.2. The molecule has 1 saturated heterocycles. The summed E-state index contributed by atoms with van der Waals surface area (Å²) < 4.78 is 1.18. The molecule has 1 unspecified atom stereocenters. The lowest BCUT2D eigenvalue weighted by molar-refractivity contribution is -0.150. The van der Waals surface area contributed by atoms with E-state index < -0.39 is 35.2 Å². The van der Waals surface area contributed by atoms with Gasteiger partial charge in [0.15, 0.2) is 16.6 Å². The number of rotatable bonds is 13. The van der Waals surface area contributed by atoms with Crippen LogP contribution in [0.2, 0.25) is 0 Å². The lowest BCUT2D eigenvalue weighted by Crippen LogP contribution is -2.71. The number of β-lactam (4-membered cyclic amide) rings is 1. The Balaban J connectivity index is 1.48. The van der Waals surface area contributed by atoms with Crippen molar-refractivity contribution in [3.8, 4) is 0 Å². The van der Waals surface area contributed by atoms with Crippen molar-refractivity contribution >= 4 is 75.2 Å². The van der Waals surface area contributed by atoms with Gasteiger partial charge in [0.05, 0.1) is 6.54 Å². The summed E-state index contributed by atoms with van der Waals surface area (Å²) in [4.78, 5) is 64.8. The number of thiazole rings is 1. The SMILES string of the molecule is CON=C(Cn1nnnc1SCC1=C(C(=O)O)N2C(=O)C(NC(=O)C(=NOC(C)C)c3csc(N)n3)[C@@H]2SC1)C(=O)O. The second-order valence-electron chi connectivity index (χ2n) is 8.72. The number of oxime groups is 2. The van der Waals surface area contributed by atoms with Crippen molar-refractivity contribution < 1.29 is 39.1 Å². The van der Waals surface area contributed by atoms with Crippen LogP contribution in [0.1, 0.15) is 19.5 Å². The Kier molecular flexibility index (Phi) is 9.63. The largest absolute Gasteiger partial charge is 0.477 e. The number of nitrogens with zero attached hydrogens (tertiary/aromatic N) is 8. The molecule has 2 atom stereocenters. The van der Waals surface area contributed by atoms with Gasteiger partial charge in [-0.15, -0.1) is 28.2 Å². The quantitative estimate of drug-likeness (QED) is 0.0928. The molecule has 5 N–H and O–H groups in total. The molecule has 42 heavy (non-hydrogen) atoms. The molecule has 0 spiro atoms. The van der Waals surface area contributed by atoms with Gasteiger partial charge in [-0.2, -0.15) is 0 Å². The molecule has 0 aromatic carbocycles. The van der Waals surface area contributed by atoms with Crippen LogP contribution in [0, 0.1) is 0 Å². The molecule has 2 aromatic heterocycles. The molecule has 4 rings (SSSR count). The number of hydrogen-bond acceptors (Lipinski definition) is 16. The number of nitrogens with two attached hydrogens (primary N) is 1. The highest BCUT2D eigenvalue weighted by Crippen LogP contribution is 2.41. The zero-order chi connectivity index (χ0) is 30.6. The van der Waals surface area contributed by atoms with Crippen molar-refractivity contribution in [2.24, 2.45) is 10.3 Å². The summed E-state index contributed by atoms with van der Waals surface area (Å²) in [7, 11) is 1.20. The minimum Gasteiger partial charge on any atom is -0.477 e. The van der Waals surface area contributed by atoms with Gasteiger partial charge in [-0.25, -0.2) is 19.3 Å². The molecule has 4 heterocycles. The van der Waals surface area contributed by atoms with Crippen molar-refractivity contribution in [1.29, 1.82) is 0 Å². The number of carbonyl (C=O) groups excluding carboxylic acids is 2. The number of aromatic nitrogens is 5. The fourth-order valence-corrected chi connectivity index (χ4v) is 6.61. The molecule has 224 valence electrons. The van der Waals surface area contributed by atoms with Gasteiger partial charge in [-0.05, 0) is 29.8 Å². The Morgan fingerprint density at radius 1 is 1.31 bits per heavy atom. The predicted molar refractivity (Wildman–Crippen MR) is 150 cm³/mol. The number of anilines is 1. The third-order valence-electron chi connectivity index (χ3n) is 5.49. The minimum absolute atomic E-state index is 0.0843. The number of thioether (sulfide) groups is 2. The van der Waals surface area contributed by atoms with Crippen LogP contribution in [-0.2, 0) is 35.4 Å². The van der Waals surface area contributed by atoms with Gasteiger partial charge >= 0.3 is 11.9 Å². The highest BCUT2D eigenvalue weighted by molar-refractivity contribution is 8.01. The number of tetrazole rings is 1. The van der Waals surface area contributed by atoms with Crippen LogP contribution >= 0.6 is 34.9 Å². The van der Waals surface area contributed by atoms with E-state index in [0.29, 0.717) is 5.57 Å². The summed E-state index contributed by atoms with van der Waals surface area (Å²) in [6.45, 7) is 3.14. The van der Waals surface area contributed by atoms with Gasteiger partial charge in [-0.3, -0.25) is 14.5 Å².